The Morgan fingerprint density at radius 1 is 0.711 bits per heavy atom. The fourth-order valence-corrected chi connectivity index (χ4v) is 5.55. The minimum absolute atomic E-state index is 0.509. The maximum Gasteiger partial charge on any atom is 0.219 e. The number of ether oxygens (including phenoxy) is 1. The molecule has 0 aliphatic rings. The summed E-state index contributed by atoms with van der Waals surface area (Å²) in [6.07, 6.45) is 12.4. The highest BCUT2D eigenvalue weighted by molar-refractivity contribution is 5.86. The zero-order valence-electron chi connectivity index (χ0n) is 24.8. The van der Waals surface area contributed by atoms with Crippen LogP contribution in [0.25, 0.3) is 56.0 Å². The van der Waals surface area contributed by atoms with Crippen LogP contribution in [0.1, 0.15) is 5.56 Å². The molecular weight excluding hydrogens is 557 g/mol. The van der Waals surface area contributed by atoms with Gasteiger partial charge in [-0.15, -0.1) is 0 Å². The van der Waals surface area contributed by atoms with Crippen molar-refractivity contribution in [2.75, 3.05) is 7.11 Å². The second kappa shape index (κ2) is 13.6. The number of rotatable bonds is 9. The first-order chi connectivity index (χ1) is 22.2. The van der Waals surface area contributed by atoms with Crippen LogP contribution in [0, 0.1) is 0 Å². The topological polar surface area (TPSA) is 38.9 Å². The van der Waals surface area contributed by atoms with Crippen molar-refractivity contribution >= 4 is 5.57 Å². The van der Waals surface area contributed by atoms with Crippen LogP contribution in [0.15, 0.2) is 165 Å². The van der Waals surface area contributed by atoms with Crippen molar-refractivity contribution in [2.24, 2.45) is 0 Å². The number of aromatic nitrogens is 3. The zero-order valence-corrected chi connectivity index (χ0v) is 24.8. The number of hydrogen-bond acceptors (Lipinski definition) is 3. The third kappa shape index (κ3) is 6.10. The van der Waals surface area contributed by atoms with Crippen molar-refractivity contribution < 1.29 is 13.7 Å². The predicted molar refractivity (Wildman–Crippen MR) is 180 cm³/mol. The van der Waals surface area contributed by atoms with Crippen LogP contribution < -0.4 is 9.30 Å². The van der Waals surface area contributed by atoms with Crippen LogP contribution in [-0.2, 0) is 0 Å². The van der Waals surface area contributed by atoms with Gasteiger partial charge in [0.2, 0.25) is 17.1 Å². The number of nitrogens with zero attached hydrogens (tertiary/aromatic N) is 3. The van der Waals surface area contributed by atoms with Crippen LogP contribution in [0.5, 0.6) is 5.75 Å². The highest BCUT2D eigenvalue weighted by Gasteiger charge is 2.28. The molecule has 0 atom stereocenters. The van der Waals surface area contributed by atoms with Crippen LogP contribution in [0.4, 0.5) is 4.39 Å². The van der Waals surface area contributed by atoms with E-state index in [2.05, 4.69) is 69.6 Å². The van der Waals surface area contributed by atoms with E-state index >= 15 is 0 Å². The minimum atomic E-state index is 0.509. The van der Waals surface area contributed by atoms with E-state index in [4.69, 9.17) is 4.74 Å². The molecule has 0 aliphatic carbocycles. The van der Waals surface area contributed by atoms with E-state index in [1.54, 1.807) is 25.5 Å². The lowest BCUT2D eigenvalue weighted by molar-refractivity contribution is -0.572. The van der Waals surface area contributed by atoms with Crippen molar-refractivity contribution in [3.63, 3.8) is 0 Å². The first-order valence-corrected chi connectivity index (χ1v) is 14.6. The van der Waals surface area contributed by atoms with Gasteiger partial charge in [-0.25, -0.2) is 4.39 Å². The molecule has 0 fully saturated rings. The molecule has 45 heavy (non-hydrogen) atoms. The van der Waals surface area contributed by atoms with Gasteiger partial charge in [-0.1, -0.05) is 61.2 Å². The lowest BCUT2D eigenvalue weighted by Crippen LogP contribution is -2.36. The molecule has 0 radical (unpaired) electrons. The molecule has 0 bridgehead atoms. The van der Waals surface area contributed by atoms with Gasteiger partial charge < -0.3 is 4.74 Å². The molecule has 5 heteroatoms. The van der Waals surface area contributed by atoms with Gasteiger partial charge in [0.25, 0.3) is 0 Å². The highest BCUT2D eigenvalue weighted by atomic mass is 19.1. The third-order valence-electron chi connectivity index (χ3n) is 7.61. The van der Waals surface area contributed by atoms with Crippen LogP contribution in [0.2, 0.25) is 0 Å². The molecule has 0 saturated heterocycles. The Morgan fingerprint density at radius 3 is 1.91 bits per heavy atom. The van der Waals surface area contributed by atoms with Gasteiger partial charge in [0, 0.05) is 76.9 Å². The molecule has 3 heterocycles. The number of methoxy groups -OCH3 is 1. The molecule has 3 aromatic carbocycles. The first-order valence-electron chi connectivity index (χ1n) is 14.6. The predicted octanol–water partition coefficient (Wildman–Crippen LogP) is 9.48. The summed E-state index contributed by atoms with van der Waals surface area (Å²) in [6, 6.07) is 37.2. The standard InChI is InChI=1S/C40H31FN3O/c1-3-29(16-10-20-41)36-26-35(27-37(40(36)45-2)33-17-11-21-43-28-33)44-38(31-12-6-4-7-13-31)24-34(30-18-22-42-23-19-30)25-39(44)32-14-8-5-9-15-32/h3-28H,1H2,2H3/q+1/b20-10-,29-16+. The molecule has 6 aromatic rings. The summed E-state index contributed by atoms with van der Waals surface area (Å²) < 4.78 is 21.5. The summed E-state index contributed by atoms with van der Waals surface area (Å²) in [5, 5.41) is 0. The van der Waals surface area contributed by atoms with Crippen molar-refractivity contribution in [3.05, 3.63) is 171 Å². The van der Waals surface area contributed by atoms with Crippen molar-refractivity contribution in [2.45, 2.75) is 0 Å². The first kappa shape index (κ1) is 29.1. The zero-order chi connectivity index (χ0) is 31.0. The molecule has 0 amide bonds. The molecule has 0 saturated carbocycles. The van der Waals surface area contributed by atoms with Gasteiger partial charge >= 0.3 is 0 Å². The fraction of sp³-hybridized carbons (Fsp3) is 0.0250. The summed E-state index contributed by atoms with van der Waals surface area (Å²) in [5.74, 6) is 0.640. The minimum Gasteiger partial charge on any atom is -0.495 e. The summed E-state index contributed by atoms with van der Waals surface area (Å²) in [5.41, 5.74) is 10.3. The SMILES string of the molecule is C=C/C(=C\C=C/F)c1cc(-[n+]2c(-c3ccccc3)cc(-c3ccncc3)cc2-c2ccccc2)cc(-c2cccnc2)c1OC. The Bertz CT molecular complexity index is 1930. The Balaban J connectivity index is 1.77. The lowest BCUT2D eigenvalue weighted by Gasteiger charge is -2.18. The van der Waals surface area contributed by atoms with E-state index in [9.17, 15) is 4.39 Å². The average Bonchev–Trinajstić information content (AvgIpc) is 3.12. The van der Waals surface area contributed by atoms with Crippen LogP contribution in [-0.4, -0.2) is 17.1 Å². The fourth-order valence-electron chi connectivity index (χ4n) is 5.55. The van der Waals surface area contributed by atoms with Gasteiger partial charge in [0.1, 0.15) is 5.75 Å². The van der Waals surface area contributed by atoms with Gasteiger partial charge in [0.15, 0.2) is 0 Å². The Morgan fingerprint density at radius 2 is 1.36 bits per heavy atom. The van der Waals surface area contributed by atoms with E-state index < -0.39 is 0 Å². The van der Waals surface area contributed by atoms with Crippen molar-refractivity contribution in [3.8, 4) is 56.2 Å². The van der Waals surface area contributed by atoms with Gasteiger partial charge in [-0.2, -0.15) is 4.57 Å². The Labute approximate surface area is 262 Å². The maximum atomic E-state index is 13.2. The number of allylic oxidation sites excluding steroid dienone is 4. The van der Waals surface area contributed by atoms with E-state index in [1.807, 2.05) is 79.3 Å². The molecule has 0 N–H and O–H groups in total. The average molecular weight is 589 g/mol. The largest absolute Gasteiger partial charge is 0.495 e. The summed E-state index contributed by atoms with van der Waals surface area (Å²) in [7, 11) is 1.64. The molecule has 0 spiro atoms. The number of pyridine rings is 3. The molecule has 0 aliphatic heterocycles. The molecule has 0 unspecified atom stereocenters. The summed E-state index contributed by atoms with van der Waals surface area (Å²) in [4.78, 5) is 8.64. The smallest absolute Gasteiger partial charge is 0.219 e. The van der Waals surface area contributed by atoms with Crippen LogP contribution >= 0.6 is 0 Å². The van der Waals surface area contributed by atoms with Gasteiger partial charge in [-0.05, 0) is 65.2 Å². The van der Waals surface area contributed by atoms with Crippen molar-refractivity contribution in [1.82, 2.24) is 9.97 Å². The molecular formula is C40H31FN3O+. The number of benzene rings is 3. The van der Waals surface area contributed by atoms with Gasteiger partial charge in [0.05, 0.1) is 13.4 Å². The Kier molecular flexibility index (Phi) is 8.79. The van der Waals surface area contributed by atoms with E-state index in [0.717, 1.165) is 56.0 Å². The molecule has 3 aromatic heterocycles. The van der Waals surface area contributed by atoms with Crippen molar-refractivity contribution in [1.29, 1.82) is 0 Å². The monoisotopic (exact) mass is 588 g/mol. The quantitative estimate of drug-likeness (QED) is 0.125. The number of halogens is 1. The van der Waals surface area contributed by atoms with E-state index in [1.165, 1.54) is 6.08 Å². The molecule has 218 valence electrons. The molecule has 4 nitrogen and oxygen atoms in total. The molecule has 6 rings (SSSR count). The maximum absolute atomic E-state index is 13.2. The van der Waals surface area contributed by atoms with E-state index in [0.29, 0.717) is 17.7 Å². The second-order valence-electron chi connectivity index (χ2n) is 10.3. The number of hydrogen-bond donors (Lipinski definition) is 0. The Hall–Kier alpha value is -5.94. The summed E-state index contributed by atoms with van der Waals surface area (Å²) >= 11 is 0. The lowest BCUT2D eigenvalue weighted by atomic mass is 9.94. The second-order valence-corrected chi connectivity index (χ2v) is 10.3. The normalized spacial score (nSPS) is 11.5. The summed E-state index contributed by atoms with van der Waals surface area (Å²) in [6.45, 7) is 4.04. The highest BCUT2D eigenvalue weighted by Crippen LogP contribution is 2.40. The van der Waals surface area contributed by atoms with Crippen LogP contribution in [0.3, 0.4) is 0 Å². The van der Waals surface area contributed by atoms with Gasteiger partial charge in [-0.3, -0.25) is 9.97 Å². The third-order valence-corrected chi connectivity index (χ3v) is 7.61. The van der Waals surface area contributed by atoms with E-state index in [-0.39, 0.29) is 0 Å².